The van der Waals surface area contributed by atoms with Crippen molar-refractivity contribution < 1.29 is 4.79 Å². The van der Waals surface area contributed by atoms with E-state index in [0.29, 0.717) is 12.8 Å². The van der Waals surface area contributed by atoms with E-state index in [4.69, 9.17) is 5.26 Å². The highest BCUT2D eigenvalue weighted by Gasteiger charge is 2.15. The lowest BCUT2D eigenvalue weighted by atomic mass is 10.2. The number of rotatable bonds is 6. The predicted octanol–water partition coefficient (Wildman–Crippen LogP) is 3.69. The standard InChI is InChI=1S/C14H17BrN2OS/c1-11(7-9-16)17(2)14(18)8-10-19-13-6-4-3-5-12(13)15/h3-6,11H,7-8,10H2,1-2H3. The second-order valence-corrected chi connectivity index (χ2v) is 6.24. The lowest BCUT2D eigenvalue weighted by Crippen LogP contribution is -2.34. The van der Waals surface area contributed by atoms with E-state index in [0.717, 1.165) is 15.1 Å². The molecular formula is C14H17BrN2OS. The topological polar surface area (TPSA) is 44.1 Å². The summed E-state index contributed by atoms with van der Waals surface area (Å²) in [6.45, 7) is 1.89. The number of nitriles is 1. The van der Waals surface area contributed by atoms with Crippen molar-refractivity contribution in [2.24, 2.45) is 0 Å². The molecule has 102 valence electrons. The summed E-state index contributed by atoms with van der Waals surface area (Å²) in [6, 6.07) is 10.0. The van der Waals surface area contributed by atoms with E-state index in [1.54, 1.807) is 23.7 Å². The van der Waals surface area contributed by atoms with Gasteiger partial charge in [0.25, 0.3) is 0 Å². The molecule has 0 heterocycles. The van der Waals surface area contributed by atoms with Crippen LogP contribution in [0.2, 0.25) is 0 Å². The molecule has 1 rings (SSSR count). The van der Waals surface area contributed by atoms with Crippen molar-refractivity contribution in [3.8, 4) is 6.07 Å². The lowest BCUT2D eigenvalue weighted by molar-refractivity contribution is -0.131. The Morgan fingerprint density at radius 2 is 2.21 bits per heavy atom. The van der Waals surface area contributed by atoms with Crippen molar-refractivity contribution in [2.75, 3.05) is 12.8 Å². The van der Waals surface area contributed by atoms with E-state index in [1.165, 1.54) is 0 Å². The number of halogens is 1. The second-order valence-electron chi connectivity index (χ2n) is 4.24. The smallest absolute Gasteiger partial charge is 0.223 e. The Labute approximate surface area is 127 Å². The van der Waals surface area contributed by atoms with Crippen molar-refractivity contribution in [3.05, 3.63) is 28.7 Å². The molecule has 1 aromatic carbocycles. The molecule has 0 aromatic heterocycles. The van der Waals surface area contributed by atoms with Crippen LogP contribution >= 0.6 is 27.7 Å². The van der Waals surface area contributed by atoms with Crippen LogP contribution in [-0.2, 0) is 4.79 Å². The van der Waals surface area contributed by atoms with E-state index in [2.05, 4.69) is 22.0 Å². The molecule has 0 saturated heterocycles. The van der Waals surface area contributed by atoms with Crippen molar-refractivity contribution in [1.82, 2.24) is 4.90 Å². The minimum Gasteiger partial charge on any atom is -0.342 e. The summed E-state index contributed by atoms with van der Waals surface area (Å²) in [6.07, 6.45) is 0.859. The van der Waals surface area contributed by atoms with E-state index in [9.17, 15) is 4.79 Å². The van der Waals surface area contributed by atoms with E-state index in [1.807, 2.05) is 31.2 Å². The van der Waals surface area contributed by atoms with Crippen LogP contribution in [0.15, 0.2) is 33.6 Å². The number of hydrogen-bond acceptors (Lipinski definition) is 3. The van der Waals surface area contributed by atoms with Gasteiger partial charge in [0.15, 0.2) is 0 Å². The Kier molecular flexibility index (Phi) is 6.96. The van der Waals surface area contributed by atoms with Crippen molar-refractivity contribution >= 4 is 33.6 Å². The summed E-state index contributed by atoms with van der Waals surface area (Å²) in [4.78, 5) is 14.7. The fourth-order valence-corrected chi connectivity index (χ4v) is 3.01. The van der Waals surface area contributed by atoms with E-state index >= 15 is 0 Å². The minimum absolute atomic E-state index is 0.0223. The highest BCUT2D eigenvalue weighted by atomic mass is 79.9. The van der Waals surface area contributed by atoms with Crippen LogP contribution in [0, 0.1) is 11.3 Å². The molecule has 0 saturated carbocycles. The van der Waals surface area contributed by atoms with Crippen molar-refractivity contribution in [3.63, 3.8) is 0 Å². The van der Waals surface area contributed by atoms with Gasteiger partial charge in [-0.3, -0.25) is 4.79 Å². The molecule has 1 amide bonds. The van der Waals surface area contributed by atoms with Gasteiger partial charge in [-0.15, -0.1) is 11.8 Å². The van der Waals surface area contributed by atoms with E-state index in [-0.39, 0.29) is 11.9 Å². The van der Waals surface area contributed by atoms with Gasteiger partial charge in [0.1, 0.15) is 0 Å². The van der Waals surface area contributed by atoms with Gasteiger partial charge in [-0.2, -0.15) is 5.26 Å². The Bertz CT molecular complexity index is 473. The van der Waals surface area contributed by atoms with Gasteiger partial charge in [-0.1, -0.05) is 12.1 Å². The number of nitrogens with zero attached hydrogens (tertiary/aromatic N) is 2. The van der Waals surface area contributed by atoms with Crippen molar-refractivity contribution in [2.45, 2.75) is 30.7 Å². The minimum atomic E-state index is -0.0223. The molecule has 1 unspecified atom stereocenters. The Morgan fingerprint density at radius 1 is 1.53 bits per heavy atom. The van der Waals surface area contributed by atoms with Crippen LogP contribution in [0.25, 0.3) is 0 Å². The molecule has 1 atom stereocenters. The molecule has 0 aliphatic carbocycles. The average molecular weight is 341 g/mol. The number of thioether (sulfide) groups is 1. The normalized spacial score (nSPS) is 11.7. The highest BCUT2D eigenvalue weighted by Crippen LogP contribution is 2.27. The number of amides is 1. The first kappa shape index (κ1) is 16.1. The fraction of sp³-hybridized carbons (Fsp3) is 0.429. The quantitative estimate of drug-likeness (QED) is 0.741. The summed E-state index contributed by atoms with van der Waals surface area (Å²) in [5.41, 5.74) is 0. The molecule has 19 heavy (non-hydrogen) atoms. The maximum atomic E-state index is 11.9. The van der Waals surface area contributed by atoms with Crippen LogP contribution in [-0.4, -0.2) is 29.6 Å². The molecule has 0 N–H and O–H groups in total. The summed E-state index contributed by atoms with van der Waals surface area (Å²) >= 11 is 5.14. The zero-order valence-corrected chi connectivity index (χ0v) is 13.5. The largest absolute Gasteiger partial charge is 0.342 e. The molecule has 0 spiro atoms. The first-order valence-corrected chi connectivity index (χ1v) is 7.84. The first-order valence-electron chi connectivity index (χ1n) is 6.06. The molecule has 0 aliphatic rings. The van der Waals surface area contributed by atoms with Gasteiger partial charge >= 0.3 is 0 Å². The van der Waals surface area contributed by atoms with Crippen LogP contribution < -0.4 is 0 Å². The van der Waals surface area contributed by atoms with Gasteiger partial charge in [0, 0.05) is 34.6 Å². The zero-order valence-electron chi connectivity index (χ0n) is 11.1. The number of carbonyl (C=O) groups is 1. The van der Waals surface area contributed by atoms with Gasteiger partial charge in [0.2, 0.25) is 5.91 Å². The molecule has 1 aromatic rings. The summed E-state index contributed by atoms with van der Waals surface area (Å²) in [5, 5.41) is 8.63. The highest BCUT2D eigenvalue weighted by molar-refractivity contribution is 9.10. The van der Waals surface area contributed by atoms with E-state index < -0.39 is 0 Å². The van der Waals surface area contributed by atoms with Crippen LogP contribution in [0.4, 0.5) is 0 Å². The number of benzene rings is 1. The average Bonchev–Trinajstić information content (AvgIpc) is 2.40. The SMILES string of the molecule is CC(CC#N)N(C)C(=O)CCSc1ccccc1Br. The van der Waals surface area contributed by atoms with Crippen LogP contribution in [0.3, 0.4) is 0 Å². The second kappa shape index (κ2) is 8.23. The lowest BCUT2D eigenvalue weighted by Gasteiger charge is -2.22. The molecule has 3 nitrogen and oxygen atoms in total. The summed E-state index contributed by atoms with van der Waals surface area (Å²) < 4.78 is 1.05. The molecular weight excluding hydrogens is 324 g/mol. The van der Waals surface area contributed by atoms with Gasteiger partial charge in [0.05, 0.1) is 12.5 Å². The third kappa shape index (κ3) is 5.25. The Balaban J connectivity index is 2.39. The fourth-order valence-electron chi connectivity index (χ4n) is 1.50. The van der Waals surface area contributed by atoms with Crippen molar-refractivity contribution in [1.29, 1.82) is 5.26 Å². The van der Waals surface area contributed by atoms with Gasteiger partial charge in [-0.25, -0.2) is 0 Å². The monoisotopic (exact) mass is 340 g/mol. The molecule has 0 aliphatic heterocycles. The Hall–Kier alpha value is -0.990. The molecule has 0 bridgehead atoms. The third-order valence-electron chi connectivity index (χ3n) is 2.85. The predicted molar refractivity (Wildman–Crippen MR) is 81.9 cm³/mol. The summed E-state index contributed by atoms with van der Waals surface area (Å²) in [7, 11) is 1.76. The number of hydrogen-bond donors (Lipinski definition) is 0. The zero-order chi connectivity index (χ0) is 14.3. The van der Waals surface area contributed by atoms with Crippen LogP contribution in [0.1, 0.15) is 19.8 Å². The Morgan fingerprint density at radius 3 is 2.84 bits per heavy atom. The third-order valence-corrected chi connectivity index (χ3v) is 4.88. The molecule has 0 radical (unpaired) electrons. The van der Waals surface area contributed by atoms with Gasteiger partial charge in [-0.05, 0) is 35.0 Å². The summed E-state index contributed by atoms with van der Waals surface area (Å²) in [5.74, 6) is 0.827. The number of carbonyl (C=O) groups excluding carboxylic acids is 1. The molecule has 5 heteroatoms. The maximum Gasteiger partial charge on any atom is 0.223 e. The van der Waals surface area contributed by atoms with Crippen LogP contribution in [0.5, 0.6) is 0 Å². The maximum absolute atomic E-state index is 11.9. The van der Waals surface area contributed by atoms with Gasteiger partial charge < -0.3 is 4.90 Å². The first-order chi connectivity index (χ1) is 9.06. The molecule has 0 fully saturated rings.